The Hall–Kier alpha value is -2.69. The van der Waals surface area contributed by atoms with Crippen molar-refractivity contribution in [2.45, 2.75) is 32.6 Å². The van der Waals surface area contributed by atoms with Gasteiger partial charge in [-0.1, -0.05) is 24.3 Å². The SMILES string of the molecule is CCOc1ccccc1CCCNC(=O)CCc1ccc2c(c1)OCO2. The summed E-state index contributed by atoms with van der Waals surface area (Å²) in [4.78, 5) is 12.0. The first kappa shape index (κ1) is 18.1. The highest BCUT2D eigenvalue weighted by Crippen LogP contribution is 2.32. The first-order chi connectivity index (χ1) is 12.8. The maximum Gasteiger partial charge on any atom is 0.231 e. The second-order valence-corrected chi connectivity index (χ2v) is 6.18. The normalized spacial score (nSPS) is 12.0. The molecule has 0 unspecified atom stereocenters. The Balaban J connectivity index is 1.37. The number of rotatable bonds is 9. The summed E-state index contributed by atoms with van der Waals surface area (Å²) >= 11 is 0. The van der Waals surface area contributed by atoms with E-state index in [1.54, 1.807) is 0 Å². The van der Waals surface area contributed by atoms with Crippen LogP contribution in [0.25, 0.3) is 0 Å². The number of nitrogens with one attached hydrogen (secondary N) is 1. The molecule has 5 nitrogen and oxygen atoms in total. The highest BCUT2D eigenvalue weighted by atomic mass is 16.7. The summed E-state index contributed by atoms with van der Waals surface area (Å²) in [5, 5.41) is 2.99. The highest BCUT2D eigenvalue weighted by molar-refractivity contribution is 5.76. The summed E-state index contributed by atoms with van der Waals surface area (Å²) in [5.74, 6) is 2.53. The summed E-state index contributed by atoms with van der Waals surface area (Å²) in [6.45, 7) is 3.58. The van der Waals surface area contributed by atoms with Crippen LogP contribution in [0.4, 0.5) is 0 Å². The van der Waals surface area contributed by atoms with Crippen molar-refractivity contribution in [3.05, 3.63) is 53.6 Å². The monoisotopic (exact) mass is 355 g/mol. The largest absolute Gasteiger partial charge is 0.494 e. The van der Waals surface area contributed by atoms with Crippen LogP contribution in [0.1, 0.15) is 30.9 Å². The summed E-state index contributed by atoms with van der Waals surface area (Å²) in [5.41, 5.74) is 2.26. The van der Waals surface area contributed by atoms with Gasteiger partial charge in [-0.3, -0.25) is 4.79 Å². The number of aryl methyl sites for hydroxylation is 2. The molecule has 1 aliphatic heterocycles. The third kappa shape index (κ3) is 4.91. The van der Waals surface area contributed by atoms with Gasteiger partial charge in [-0.25, -0.2) is 0 Å². The molecule has 0 fully saturated rings. The van der Waals surface area contributed by atoms with Gasteiger partial charge in [-0.2, -0.15) is 0 Å². The Kier molecular flexibility index (Phi) is 6.36. The van der Waals surface area contributed by atoms with Gasteiger partial charge in [0.2, 0.25) is 12.7 Å². The Labute approximate surface area is 154 Å². The maximum absolute atomic E-state index is 12.0. The average Bonchev–Trinajstić information content (AvgIpc) is 3.13. The predicted molar refractivity (Wildman–Crippen MR) is 99.8 cm³/mol. The molecule has 0 saturated heterocycles. The minimum atomic E-state index is 0.0701. The van der Waals surface area contributed by atoms with Gasteiger partial charge in [0.25, 0.3) is 0 Å². The number of carbonyl (C=O) groups is 1. The summed E-state index contributed by atoms with van der Waals surface area (Å²) in [7, 11) is 0. The van der Waals surface area contributed by atoms with Crippen LogP contribution in [-0.2, 0) is 17.6 Å². The van der Waals surface area contributed by atoms with Crippen molar-refractivity contribution >= 4 is 5.91 Å². The van der Waals surface area contributed by atoms with E-state index in [1.165, 1.54) is 5.56 Å². The number of ether oxygens (including phenoxy) is 3. The second-order valence-electron chi connectivity index (χ2n) is 6.18. The third-order valence-corrected chi connectivity index (χ3v) is 4.30. The van der Waals surface area contributed by atoms with E-state index in [2.05, 4.69) is 11.4 Å². The number of benzene rings is 2. The lowest BCUT2D eigenvalue weighted by Crippen LogP contribution is -2.25. The maximum atomic E-state index is 12.0. The van der Waals surface area contributed by atoms with Gasteiger partial charge < -0.3 is 19.5 Å². The fraction of sp³-hybridized carbons (Fsp3) is 0.381. The molecule has 0 bridgehead atoms. The van der Waals surface area contributed by atoms with E-state index in [4.69, 9.17) is 14.2 Å². The van der Waals surface area contributed by atoms with Crippen LogP contribution < -0.4 is 19.5 Å². The first-order valence-corrected chi connectivity index (χ1v) is 9.12. The highest BCUT2D eigenvalue weighted by Gasteiger charge is 2.13. The molecule has 0 radical (unpaired) electrons. The van der Waals surface area contributed by atoms with Gasteiger partial charge in [0.1, 0.15) is 5.75 Å². The van der Waals surface area contributed by atoms with E-state index in [0.29, 0.717) is 26.0 Å². The zero-order valence-corrected chi connectivity index (χ0v) is 15.1. The van der Waals surface area contributed by atoms with Crippen molar-refractivity contribution in [2.24, 2.45) is 0 Å². The van der Waals surface area contributed by atoms with Crippen molar-refractivity contribution < 1.29 is 19.0 Å². The quantitative estimate of drug-likeness (QED) is 0.700. The van der Waals surface area contributed by atoms with Crippen molar-refractivity contribution in [1.29, 1.82) is 0 Å². The van der Waals surface area contributed by atoms with E-state index in [-0.39, 0.29) is 12.7 Å². The fourth-order valence-corrected chi connectivity index (χ4v) is 2.96. The molecule has 138 valence electrons. The minimum Gasteiger partial charge on any atom is -0.494 e. The average molecular weight is 355 g/mol. The summed E-state index contributed by atoms with van der Waals surface area (Å²) < 4.78 is 16.3. The molecule has 1 amide bonds. The smallest absolute Gasteiger partial charge is 0.231 e. The van der Waals surface area contributed by atoms with Crippen LogP contribution in [0.3, 0.4) is 0 Å². The van der Waals surface area contributed by atoms with Crippen LogP contribution >= 0.6 is 0 Å². The lowest BCUT2D eigenvalue weighted by atomic mass is 10.1. The molecule has 3 rings (SSSR count). The van der Waals surface area contributed by atoms with E-state index in [0.717, 1.165) is 35.7 Å². The Bertz CT molecular complexity index is 745. The molecule has 1 aliphatic rings. The zero-order chi connectivity index (χ0) is 18.2. The van der Waals surface area contributed by atoms with E-state index >= 15 is 0 Å². The molecule has 2 aromatic rings. The molecule has 1 N–H and O–H groups in total. The van der Waals surface area contributed by atoms with E-state index in [1.807, 2.05) is 43.3 Å². The number of amides is 1. The number of hydrogen-bond acceptors (Lipinski definition) is 4. The number of para-hydroxylation sites is 1. The number of fused-ring (bicyclic) bond motifs is 1. The molecule has 1 heterocycles. The molecule has 0 spiro atoms. The van der Waals surface area contributed by atoms with Crippen LogP contribution in [0.2, 0.25) is 0 Å². The third-order valence-electron chi connectivity index (χ3n) is 4.30. The first-order valence-electron chi connectivity index (χ1n) is 9.12. The van der Waals surface area contributed by atoms with Crippen LogP contribution in [0, 0.1) is 0 Å². The van der Waals surface area contributed by atoms with Crippen molar-refractivity contribution in [3.8, 4) is 17.2 Å². The van der Waals surface area contributed by atoms with Crippen LogP contribution in [0.15, 0.2) is 42.5 Å². The topological polar surface area (TPSA) is 56.8 Å². The zero-order valence-electron chi connectivity index (χ0n) is 15.1. The summed E-state index contributed by atoms with van der Waals surface area (Å²) in [6, 6.07) is 13.9. The Morgan fingerprint density at radius 1 is 1.12 bits per heavy atom. The molecule has 0 atom stereocenters. The standard InChI is InChI=1S/C21H25NO4/c1-2-24-18-8-4-3-6-17(18)7-5-13-22-21(23)12-10-16-9-11-19-20(14-16)26-15-25-19/h3-4,6,8-9,11,14H,2,5,7,10,12-13,15H2,1H3,(H,22,23). The fourth-order valence-electron chi connectivity index (χ4n) is 2.96. The molecule has 0 aromatic heterocycles. The van der Waals surface area contributed by atoms with Gasteiger partial charge in [-0.15, -0.1) is 0 Å². The van der Waals surface area contributed by atoms with E-state index in [9.17, 15) is 4.79 Å². The van der Waals surface area contributed by atoms with Crippen LogP contribution in [0.5, 0.6) is 17.2 Å². The van der Waals surface area contributed by atoms with Crippen molar-refractivity contribution in [3.63, 3.8) is 0 Å². The molecule has 2 aromatic carbocycles. The van der Waals surface area contributed by atoms with Gasteiger partial charge in [0.15, 0.2) is 11.5 Å². The van der Waals surface area contributed by atoms with Crippen LogP contribution in [-0.4, -0.2) is 25.9 Å². The predicted octanol–water partition coefficient (Wildman–Crippen LogP) is 3.50. The number of carbonyl (C=O) groups excluding carboxylic acids is 1. The van der Waals surface area contributed by atoms with E-state index < -0.39 is 0 Å². The molecule has 0 aliphatic carbocycles. The Morgan fingerprint density at radius 2 is 1.96 bits per heavy atom. The molecular weight excluding hydrogens is 330 g/mol. The van der Waals surface area contributed by atoms with Gasteiger partial charge in [0, 0.05) is 13.0 Å². The molecule has 26 heavy (non-hydrogen) atoms. The number of hydrogen-bond donors (Lipinski definition) is 1. The van der Waals surface area contributed by atoms with Gasteiger partial charge in [0.05, 0.1) is 6.61 Å². The molecule has 0 saturated carbocycles. The molecular formula is C21H25NO4. The minimum absolute atomic E-state index is 0.0701. The van der Waals surface area contributed by atoms with Crippen molar-refractivity contribution in [2.75, 3.05) is 19.9 Å². The Morgan fingerprint density at radius 3 is 2.85 bits per heavy atom. The van der Waals surface area contributed by atoms with Gasteiger partial charge in [-0.05, 0) is 55.5 Å². The lowest BCUT2D eigenvalue weighted by molar-refractivity contribution is -0.121. The molecule has 5 heteroatoms. The second kappa shape index (κ2) is 9.13. The van der Waals surface area contributed by atoms with Gasteiger partial charge >= 0.3 is 0 Å². The lowest BCUT2D eigenvalue weighted by Gasteiger charge is -2.10. The van der Waals surface area contributed by atoms with Crippen molar-refractivity contribution in [1.82, 2.24) is 5.32 Å². The summed E-state index contributed by atoms with van der Waals surface area (Å²) in [6.07, 6.45) is 2.93.